The summed E-state index contributed by atoms with van der Waals surface area (Å²) in [6.07, 6.45) is 0.456. The highest BCUT2D eigenvalue weighted by molar-refractivity contribution is 6.21. The molecule has 0 aromatic heterocycles. The standard InChI is InChI=1S/C40H51NO13/c1-16-12-11-13-17(2)39(49)41-29-20(5)38(54-24(9)42)25-26(35(29)48)34(47)23(8)37-27(25)36(52-15-53-37)19(4)14-18(3)31(44)22(7)33(46)28(40(50)51-10)32(45)21(6)30(16)43/h11-14,16,18,21-22,28,30-33,43-46,48H,15H2,1-10H3,(H,41,49)/b12-11+,17-13-,19-14-/t16-,18+,21-,22-,28-,30-,31+,32-,33-/m1/s1. The zero-order valence-electron chi connectivity index (χ0n) is 32.2. The number of anilines is 1. The minimum absolute atomic E-state index is 0.00611. The molecule has 14 nitrogen and oxygen atoms in total. The number of esters is 2. The van der Waals surface area contributed by atoms with Crippen molar-refractivity contribution in [3.63, 3.8) is 0 Å². The molecular weight excluding hydrogens is 702 g/mol. The maximum atomic E-state index is 14.0. The van der Waals surface area contributed by atoms with Crippen LogP contribution in [-0.2, 0) is 28.6 Å². The maximum Gasteiger partial charge on any atom is 0.313 e. The number of carbonyl (C=O) groups excluding carboxylic acids is 4. The Morgan fingerprint density at radius 2 is 1.41 bits per heavy atom. The monoisotopic (exact) mass is 753 g/mol. The third kappa shape index (κ3) is 7.88. The van der Waals surface area contributed by atoms with Gasteiger partial charge >= 0.3 is 11.9 Å². The molecule has 14 heteroatoms. The summed E-state index contributed by atoms with van der Waals surface area (Å²) in [5.41, 5.74) is 0.550. The van der Waals surface area contributed by atoms with Crippen molar-refractivity contribution in [2.75, 3.05) is 19.2 Å². The van der Waals surface area contributed by atoms with E-state index in [1.165, 1.54) is 46.8 Å². The van der Waals surface area contributed by atoms with Crippen molar-refractivity contribution < 1.29 is 63.7 Å². The second-order valence-corrected chi connectivity index (χ2v) is 14.4. The number of hydrogen-bond donors (Lipinski definition) is 6. The second kappa shape index (κ2) is 16.7. The van der Waals surface area contributed by atoms with Crippen LogP contribution >= 0.6 is 0 Å². The van der Waals surface area contributed by atoms with Crippen molar-refractivity contribution in [2.45, 2.75) is 86.7 Å². The van der Waals surface area contributed by atoms with Gasteiger partial charge in [0.2, 0.25) is 6.79 Å². The quantitative estimate of drug-likeness (QED) is 0.143. The lowest BCUT2D eigenvalue weighted by atomic mass is 9.76. The molecule has 0 saturated carbocycles. The van der Waals surface area contributed by atoms with Crippen molar-refractivity contribution in [3.8, 4) is 11.5 Å². The zero-order valence-corrected chi connectivity index (χ0v) is 32.2. The van der Waals surface area contributed by atoms with Crippen molar-refractivity contribution in [3.05, 3.63) is 69.2 Å². The third-order valence-electron chi connectivity index (χ3n) is 10.6. The molecule has 9 atom stereocenters. The summed E-state index contributed by atoms with van der Waals surface area (Å²) < 4.78 is 22.5. The minimum Gasteiger partial charge on any atom is -0.505 e. The summed E-state index contributed by atoms with van der Waals surface area (Å²) in [4.78, 5) is 53.0. The normalized spacial score (nSPS) is 32.3. The van der Waals surface area contributed by atoms with Crippen molar-refractivity contribution in [1.82, 2.24) is 0 Å². The highest BCUT2D eigenvalue weighted by Gasteiger charge is 2.45. The van der Waals surface area contributed by atoms with Crippen LogP contribution in [0.5, 0.6) is 11.5 Å². The Hall–Kier alpha value is -4.76. The molecule has 3 aliphatic heterocycles. The zero-order chi connectivity index (χ0) is 40.5. The molecule has 54 heavy (non-hydrogen) atoms. The lowest BCUT2D eigenvalue weighted by Gasteiger charge is -2.37. The first kappa shape index (κ1) is 42.0. The number of hydrogen-bond acceptors (Lipinski definition) is 13. The Morgan fingerprint density at radius 3 is 1.98 bits per heavy atom. The van der Waals surface area contributed by atoms with Gasteiger partial charge in [-0.25, -0.2) is 0 Å². The van der Waals surface area contributed by atoms with Gasteiger partial charge in [-0.05, 0) is 33.3 Å². The fourth-order valence-electron chi connectivity index (χ4n) is 7.22. The number of rotatable bonds is 2. The summed E-state index contributed by atoms with van der Waals surface area (Å²) in [6.45, 7) is 13.4. The lowest BCUT2D eigenvalue weighted by molar-refractivity contribution is -0.164. The van der Waals surface area contributed by atoms with E-state index in [0.29, 0.717) is 5.57 Å². The van der Waals surface area contributed by atoms with Gasteiger partial charge < -0.3 is 49.8 Å². The van der Waals surface area contributed by atoms with Gasteiger partial charge in [0, 0.05) is 52.9 Å². The SMILES string of the molecule is COC(=O)[C@H]1[C@H](O)[C@H](C)[C@@H](O)[C@@H](C)/C=C(/C)C2=C3C(=C(C)C(=O)c4c(O)c(c(C)c(OC(C)=O)c43)NC(=O)/C(C)=C\C=C\[C@@H](C)[C@@H](O)[C@@H](C)[C@H]1O)OCO2. The number of phenolic OH excluding ortho intramolecular Hbond substituents is 1. The van der Waals surface area contributed by atoms with Crippen LogP contribution in [0.1, 0.15) is 76.9 Å². The Labute approximate surface area is 314 Å². The number of ether oxygens (including phenoxy) is 4. The fourth-order valence-corrected chi connectivity index (χ4v) is 7.22. The van der Waals surface area contributed by atoms with Gasteiger partial charge in [-0.3, -0.25) is 19.2 Å². The highest BCUT2D eigenvalue weighted by atomic mass is 16.7. The highest BCUT2D eigenvalue weighted by Crippen LogP contribution is 2.53. The molecule has 4 aliphatic rings. The number of aromatic hydroxyl groups is 1. The van der Waals surface area contributed by atoms with E-state index in [0.717, 1.165) is 14.0 Å². The number of phenols is 1. The number of fused-ring (bicyclic) bond motifs is 14. The van der Waals surface area contributed by atoms with Crippen LogP contribution in [0.3, 0.4) is 0 Å². The smallest absolute Gasteiger partial charge is 0.313 e. The maximum absolute atomic E-state index is 14.0. The van der Waals surface area contributed by atoms with E-state index in [4.69, 9.17) is 18.9 Å². The van der Waals surface area contributed by atoms with Crippen molar-refractivity contribution in [1.29, 1.82) is 0 Å². The van der Waals surface area contributed by atoms with Crippen LogP contribution in [0.25, 0.3) is 5.57 Å². The van der Waals surface area contributed by atoms with E-state index < -0.39 is 83.4 Å². The topological polar surface area (TPSA) is 218 Å². The van der Waals surface area contributed by atoms with E-state index >= 15 is 0 Å². The van der Waals surface area contributed by atoms with Crippen LogP contribution in [0.15, 0.2) is 52.5 Å². The number of benzene rings is 1. The summed E-state index contributed by atoms with van der Waals surface area (Å²) in [6, 6.07) is 0. The molecule has 0 unspecified atom stereocenters. The van der Waals surface area contributed by atoms with E-state index in [2.05, 4.69) is 5.32 Å². The first-order chi connectivity index (χ1) is 25.3. The van der Waals surface area contributed by atoms with Gasteiger partial charge in [0.05, 0.1) is 48.3 Å². The number of allylic oxidation sites excluding steroid dienone is 5. The minimum atomic E-state index is -1.62. The number of aliphatic hydroxyl groups is 4. The van der Waals surface area contributed by atoms with Gasteiger partial charge in [0.25, 0.3) is 5.91 Å². The van der Waals surface area contributed by atoms with Gasteiger partial charge in [-0.15, -0.1) is 0 Å². The lowest BCUT2D eigenvalue weighted by Crippen LogP contribution is -2.50. The van der Waals surface area contributed by atoms with E-state index in [1.807, 2.05) is 0 Å². The van der Waals surface area contributed by atoms with Gasteiger partial charge in [-0.2, -0.15) is 0 Å². The molecule has 1 aromatic rings. The van der Waals surface area contributed by atoms with Crippen molar-refractivity contribution >= 4 is 34.9 Å². The third-order valence-corrected chi connectivity index (χ3v) is 10.6. The molecule has 1 aliphatic carbocycles. The Kier molecular flexibility index (Phi) is 13.0. The molecule has 3 heterocycles. The Morgan fingerprint density at radius 1 is 0.833 bits per heavy atom. The number of nitrogens with one attached hydrogen (secondary N) is 1. The Balaban J connectivity index is 2.03. The molecule has 1 amide bonds. The average Bonchev–Trinajstić information content (AvgIpc) is 3.13. The molecule has 0 saturated heterocycles. The summed E-state index contributed by atoms with van der Waals surface area (Å²) in [5.74, 6) is -8.30. The molecule has 0 fully saturated rings. The first-order valence-electron chi connectivity index (χ1n) is 17.8. The van der Waals surface area contributed by atoms with Crippen LogP contribution in [-0.4, -0.2) is 87.5 Å². The van der Waals surface area contributed by atoms with Crippen LogP contribution in [0.4, 0.5) is 5.69 Å². The molecule has 4 bridgehead atoms. The summed E-state index contributed by atoms with van der Waals surface area (Å²) in [7, 11) is 1.11. The number of methoxy groups -OCH3 is 1. The average molecular weight is 754 g/mol. The molecule has 1 aromatic carbocycles. The van der Waals surface area contributed by atoms with E-state index in [-0.39, 0.29) is 63.2 Å². The summed E-state index contributed by atoms with van der Waals surface area (Å²) in [5, 5.41) is 60.0. The second-order valence-electron chi connectivity index (χ2n) is 14.4. The van der Waals surface area contributed by atoms with Crippen LogP contribution in [0, 0.1) is 36.5 Å². The van der Waals surface area contributed by atoms with Gasteiger partial charge in [0.15, 0.2) is 11.5 Å². The number of amides is 1. The summed E-state index contributed by atoms with van der Waals surface area (Å²) >= 11 is 0. The number of carbonyl (C=O) groups is 4. The van der Waals surface area contributed by atoms with Gasteiger partial charge in [0.1, 0.15) is 23.2 Å². The van der Waals surface area contributed by atoms with Gasteiger partial charge in [-0.1, -0.05) is 52.0 Å². The molecule has 294 valence electrons. The predicted octanol–water partition coefficient (Wildman–Crippen LogP) is 3.99. The fraction of sp³-hybridized carbons (Fsp3) is 0.500. The number of Topliss-reactive ketones (excluding diaryl/α,β-unsaturated/α-hetero) is 1. The molecule has 0 spiro atoms. The molecule has 5 rings (SSSR count). The van der Waals surface area contributed by atoms with Crippen molar-refractivity contribution in [2.24, 2.45) is 29.6 Å². The van der Waals surface area contributed by atoms with Crippen LogP contribution < -0.4 is 10.1 Å². The molecule has 0 radical (unpaired) electrons. The van der Waals surface area contributed by atoms with E-state index in [9.17, 15) is 44.7 Å². The Bertz CT molecular complexity index is 1870. The van der Waals surface area contributed by atoms with Crippen LogP contribution in [0.2, 0.25) is 0 Å². The molecular formula is C40H51NO13. The first-order valence-corrected chi connectivity index (χ1v) is 17.8. The number of aliphatic hydroxyl groups excluding tert-OH is 4. The largest absolute Gasteiger partial charge is 0.505 e. The predicted molar refractivity (Wildman–Crippen MR) is 197 cm³/mol. The number of ketones is 1. The van der Waals surface area contributed by atoms with E-state index in [1.54, 1.807) is 32.9 Å². The molecule has 6 N–H and O–H groups in total.